The minimum absolute atomic E-state index is 0.0174. The van der Waals surface area contributed by atoms with Crippen molar-refractivity contribution in [1.29, 1.82) is 0 Å². The molecule has 1 aliphatic carbocycles. The van der Waals surface area contributed by atoms with Crippen molar-refractivity contribution in [2.45, 2.75) is 30.2 Å². The predicted molar refractivity (Wildman–Crippen MR) is 161 cm³/mol. The molecule has 3 amide bonds. The molecule has 42 heavy (non-hydrogen) atoms. The molecule has 3 atom stereocenters. The van der Waals surface area contributed by atoms with Crippen molar-refractivity contribution in [1.82, 2.24) is 0 Å². The molecule has 3 aromatic carbocycles. The van der Waals surface area contributed by atoms with Gasteiger partial charge in [-0.05, 0) is 61.9 Å². The van der Waals surface area contributed by atoms with Gasteiger partial charge in [-0.15, -0.1) is 23.2 Å². The zero-order chi connectivity index (χ0) is 30.9. The highest BCUT2D eigenvalue weighted by Gasteiger charge is 2.67. The number of halogens is 7. The van der Waals surface area contributed by atoms with Crippen LogP contribution in [-0.2, 0) is 14.3 Å². The molecule has 7 nitrogen and oxygen atoms in total. The summed E-state index contributed by atoms with van der Waals surface area (Å²) in [5, 5.41) is 7.69. The molecule has 3 aromatic rings. The maximum Gasteiger partial charge on any atom is 0.257 e. The molecule has 0 heterocycles. The van der Waals surface area contributed by atoms with Gasteiger partial charge in [0.05, 0.1) is 32.2 Å². The van der Waals surface area contributed by atoms with Gasteiger partial charge in [0.25, 0.3) is 11.8 Å². The van der Waals surface area contributed by atoms with Gasteiger partial charge in [0, 0.05) is 18.2 Å². The summed E-state index contributed by atoms with van der Waals surface area (Å²) in [7, 11) is 0. The Kier molecular flexibility index (Phi) is 9.92. The summed E-state index contributed by atoms with van der Waals surface area (Å²) < 4.78 is 33.2. The molecule has 4 rings (SSSR count). The van der Waals surface area contributed by atoms with Crippen LogP contribution in [0.1, 0.15) is 35.7 Å². The van der Waals surface area contributed by atoms with Crippen LogP contribution >= 0.6 is 58.0 Å². The number of nitrogens with one attached hydrogen (secondary N) is 3. The number of hydrogen-bond acceptors (Lipinski definition) is 4. The Morgan fingerprint density at radius 3 is 2.29 bits per heavy atom. The fraction of sp³-hybridized carbons (Fsp3) is 0.250. The van der Waals surface area contributed by atoms with Crippen LogP contribution in [0.4, 0.5) is 25.8 Å². The van der Waals surface area contributed by atoms with Gasteiger partial charge >= 0.3 is 0 Å². The SMILES string of the molecule is CCOC(C)C(=O)Nc1c(F)ccc(NC(=O)c2cc(NC(=O)C3[C@H](c4ccc(Cl)c(Cl)c4)C3(Cl)Cl)ccc2Cl)c1F. The van der Waals surface area contributed by atoms with E-state index in [1.807, 2.05) is 0 Å². The summed E-state index contributed by atoms with van der Waals surface area (Å²) in [5.41, 5.74) is -0.523. The molecule has 2 unspecified atom stereocenters. The number of amides is 3. The second-order valence-electron chi connectivity index (χ2n) is 9.31. The molecule has 1 fully saturated rings. The largest absolute Gasteiger partial charge is 0.369 e. The zero-order valence-electron chi connectivity index (χ0n) is 21.8. The summed E-state index contributed by atoms with van der Waals surface area (Å²) in [6.07, 6.45) is -0.971. The highest BCUT2D eigenvalue weighted by molar-refractivity contribution is 6.53. The molecule has 0 bridgehead atoms. The second kappa shape index (κ2) is 12.9. The zero-order valence-corrected chi connectivity index (χ0v) is 25.6. The smallest absolute Gasteiger partial charge is 0.257 e. The van der Waals surface area contributed by atoms with Crippen LogP contribution in [0.2, 0.25) is 15.1 Å². The lowest BCUT2D eigenvalue weighted by atomic mass is 10.1. The number of carbonyl (C=O) groups is 3. The van der Waals surface area contributed by atoms with Crippen molar-refractivity contribution < 1.29 is 27.9 Å². The van der Waals surface area contributed by atoms with Gasteiger partial charge in [-0.3, -0.25) is 14.4 Å². The summed E-state index contributed by atoms with van der Waals surface area (Å²) >= 11 is 31.1. The molecular formula is C28H22Cl5F2N3O4. The molecule has 1 aliphatic rings. The molecule has 14 heteroatoms. The van der Waals surface area contributed by atoms with E-state index in [1.165, 1.54) is 25.1 Å². The van der Waals surface area contributed by atoms with E-state index < -0.39 is 63.0 Å². The Morgan fingerprint density at radius 1 is 0.929 bits per heavy atom. The molecule has 0 radical (unpaired) electrons. The van der Waals surface area contributed by atoms with E-state index in [0.717, 1.165) is 12.1 Å². The van der Waals surface area contributed by atoms with Gasteiger partial charge in [0.2, 0.25) is 5.91 Å². The summed E-state index contributed by atoms with van der Waals surface area (Å²) in [6, 6.07) is 10.8. The first-order valence-corrected chi connectivity index (χ1v) is 14.3. The number of rotatable bonds is 9. The summed E-state index contributed by atoms with van der Waals surface area (Å²) in [6.45, 7) is 3.30. The summed E-state index contributed by atoms with van der Waals surface area (Å²) in [5.74, 6) is -5.87. The average Bonchev–Trinajstić information content (AvgIpc) is 3.52. The van der Waals surface area contributed by atoms with E-state index in [-0.39, 0.29) is 27.9 Å². The number of benzene rings is 3. The monoisotopic (exact) mass is 677 g/mol. The fourth-order valence-electron chi connectivity index (χ4n) is 4.27. The number of carbonyl (C=O) groups excluding carboxylic acids is 3. The van der Waals surface area contributed by atoms with Gasteiger partial charge in [-0.2, -0.15) is 0 Å². The first kappa shape index (κ1) is 32.3. The minimum atomic E-state index is -1.42. The normalized spacial score (nSPS) is 17.7. The van der Waals surface area contributed by atoms with Crippen molar-refractivity contribution in [3.63, 3.8) is 0 Å². The highest BCUT2D eigenvalue weighted by atomic mass is 35.5. The van der Waals surface area contributed by atoms with Crippen molar-refractivity contribution >= 4 is 92.8 Å². The van der Waals surface area contributed by atoms with Gasteiger partial charge in [-0.25, -0.2) is 8.78 Å². The number of anilines is 3. The Morgan fingerprint density at radius 2 is 1.62 bits per heavy atom. The predicted octanol–water partition coefficient (Wildman–Crippen LogP) is 8.07. The number of hydrogen-bond donors (Lipinski definition) is 3. The lowest BCUT2D eigenvalue weighted by molar-refractivity contribution is -0.126. The van der Waals surface area contributed by atoms with E-state index in [0.29, 0.717) is 10.6 Å². The first-order chi connectivity index (χ1) is 19.8. The number of alkyl halides is 2. The van der Waals surface area contributed by atoms with Gasteiger partial charge in [-0.1, -0.05) is 40.9 Å². The Balaban J connectivity index is 1.50. The molecule has 3 N–H and O–H groups in total. The van der Waals surface area contributed by atoms with Crippen LogP contribution in [0.25, 0.3) is 0 Å². The topological polar surface area (TPSA) is 96.5 Å². The van der Waals surface area contributed by atoms with Crippen LogP contribution in [0, 0.1) is 17.6 Å². The standard InChI is InChI=1S/C28H22Cl5F2N3O4/c1-3-42-12(2)25(39)38-24-19(34)8-9-20(23(24)35)37-26(40)15-11-14(5-7-16(15)29)36-27(41)22-21(28(22,32)33)13-4-6-17(30)18(31)10-13/h4-12,21-22H,3H2,1-2H3,(H,36,41)(H,37,40)(H,38,39)/t12?,21-,22?/m0/s1. The summed E-state index contributed by atoms with van der Waals surface area (Å²) in [4.78, 5) is 38.3. The molecular weight excluding hydrogens is 658 g/mol. The Bertz CT molecular complexity index is 1570. The highest BCUT2D eigenvalue weighted by Crippen LogP contribution is 2.65. The Hall–Kier alpha value is -2.66. The van der Waals surface area contributed by atoms with E-state index in [1.54, 1.807) is 25.1 Å². The van der Waals surface area contributed by atoms with Crippen LogP contribution in [-0.4, -0.2) is 34.8 Å². The average molecular weight is 680 g/mol. The van der Waals surface area contributed by atoms with E-state index in [4.69, 9.17) is 62.7 Å². The third-order valence-electron chi connectivity index (χ3n) is 6.49. The molecule has 0 spiro atoms. The number of ether oxygens (including phenoxy) is 1. The quantitative estimate of drug-likeness (QED) is 0.199. The van der Waals surface area contributed by atoms with Crippen LogP contribution < -0.4 is 16.0 Å². The van der Waals surface area contributed by atoms with Crippen molar-refractivity contribution in [2.75, 3.05) is 22.6 Å². The first-order valence-electron chi connectivity index (χ1n) is 12.4. The molecule has 1 saturated carbocycles. The van der Waals surface area contributed by atoms with E-state index >= 15 is 4.39 Å². The van der Waals surface area contributed by atoms with Crippen molar-refractivity contribution in [3.8, 4) is 0 Å². The molecule has 222 valence electrons. The second-order valence-corrected chi connectivity index (χ2v) is 12.0. The van der Waals surface area contributed by atoms with E-state index in [2.05, 4.69) is 16.0 Å². The Labute approximate surface area is 264 Å². The van der Waals surface area contributed by atoms with Crippen molar-refractivity contribution in [3.05, 3.63) is 86.4 Å². The maximum absolute atomic E-state index is 15.1. The molecule has 0 saturated heterocycles. The third-order valence-corrected chi connectivity index (χ3v) is 8.50. The van der Waals surface area contributed by atoms with E-state index in [9.17, 15) is 18.8 Å². The molecule has 0 aromatic heterocycles. The van der Waals surface area contributed by atoms with Gasteiger partial charge < -0.3 is 20.7 Å². The van der Waals surface area contributed by atoms with Crippen LogP contribution in [0.5, 0.6) is 0 Å². The lowest BCUT2D eigenvalue weighted by Crippen LogP contribution is -2.28. The molecule has 0 aliphatic heterocycles. The van der Waals surface area contributed by atoms with Crippen LogP contribution in [0.15, 0.2) is 48.5 Å². The van der Waals surface area contributed by atoms with Crippen molar-refractivity contribution in [2.24, 2.45) is 5.92 Å². The van der Waals surface area contributed by atoms with Crippen LogP contribution in [0.3, 0.4) is 0 Å². The third kappa shape index (κ3) is 6.77. The maximum atomic E-state index is 15.1. The van der Waals surface area contributed by atoms with Gasteiger partial charge in [0.1, 0.15) is 21.9 Å². The lowest BCUT2D eigenvalue weighted by Gasteiger charge is -2.15. The fourth-order valence-corrected chi connectivity index (χ4v) is 5.61. The van der Waals surface area contributed by atoms with Gasteiger partial charge in [0.15, 0.2) is 5.82 Å². The minimum Gasteiger partial charge on any atom is -0.369 e.